The molecule has 36 heavy (non-hydrogen) atoms. The van der Waals surface area contributed by atoms with E-state index in [1.165, 1.54) is 44.2 Å². The third kappa shape index (κ3) is 3.97. The molecule has 0 fully saturated rings. The van der Waals surface area contributed by atoms with Crippen LogP contribution in [0.5, 0.6) is 0 Å². The van der Waals surface area contributed by atoms with Gasteiger partial charge in [0.05, 0.1) is 11.4 Å². The van der Waals surface area contributed by atoms with E-state index in [9.17, 15) is 0 Å². The molecule has 0 saturated carbocycles. The van der Waals surface area contributed by atoms with Crippen LogP contribution in [0.4, 0.5) is 28.4 Å². The summed E-state index contributed by atoms with van der Waals surface area (Å²) in [5, 5.41) is 4.93. The lowest BCUT2D eigenvalue weighted by Gasteiger charge is -2.29. The first-order valence-electron chi connectivity index (χ1n) is 12.4. The molecule has 6 rings (SSSR count). The lowest BCUT2D eigenvalue weighted by Crippen LogP contribution is -2.12. The predicted octanol–water partition coefficient (Wildman–Crippen LogP) is 9.54. The van der Waals surface area contributed by atoms with Gasteiger partial charge in [0.15, 0.2) is 0 Å². The molecule has 0 spiro atoms. The van der Waals surface area contributed by atoms with Crippen molar-refractivity contribution in [3.05, 3.63) is 139 Å². The van der Waals surface area contributed by atoms with E-state index in [4.69, 9.17) is 0 Å². The minimum Gasteiger partial charge on any atom is -0.345 e. The standard InChI is InChI=1S/C34H28N2/c1-25-17-19-28(20-18-25)35(2)29-21-23-30(24-22-29)36(33-15-7-11-26-9-3-5-13-31(26)33)34-16-8-12-27-10-4-6-14-32(27)34/h3-24H,1-2H3. The van der Waals surface area contributed by atoms with E-state index in [2.05, 4.69) is 157 Å². The minimum absolute atomic E-state index is 1.13. The van der Waals surface area contributed by atoms with E-state index in [0.717, 1.165) is 11.4 Å². The Morgan fingerprint density at radius 2 is 0.833 bits per heavy atom. The van der Waals surface area contributed by atoms with Gasteiger partial charge in [-0.1, -0.05) is 90.5 Å². The zero-order valence-corrected chi connectivity index (χ0v) is 20.6. The summed E-state index contributed by atoms with van der Waals surface area (Å²) in [6, 6.07) is 47.8. The van der Waals surface area contributed by atoms with Crippen LogP contribution in [0.25, 0.3) is 21.5 Å². The smallest absolute Gasteiger partial charge is 0.0540 e. The van der Waals surface area contributed by atoms with Gasteiger partial charge in [0.1, 0.15) is 0 Å². The largest absolute Gasteiger partial charge is 0.345 e. The molecule has 0 aliphatic rings. The van der Waals surface area contributed by atoms with Crippen molar-refractivity contribution in [3.8, 4) is 0 Å². The van der Waals surface area contributed by atoms with Gasteiger partial charge in [0.2, 0.25) is 0 Å². The van der Waals surface area contributed by atoms with Gasteiger partial charge in [0, 0.05) is 34.9 Å². The molecule has 0 N–H and O–H groups in total. The average molecular weight is 465 g/mol. The molecule has 0 bridgehead atoms. The van der Waals surface area contributed by atoms with Crippen molar-refractivity contribution in [1.29, 1.82) is 0 Å². The fourth-order valence-corrected chi connectivity index (χ4v) is 4.96. The summed E-state index contributed by atoms with van der Waals surface area (Å²) < 4.78 is 0. The van der Waals surface area contributed by atoms with E-state index >= 15 is 0 Å². The van der Waals surface area contributed by atoms with Crippen LogP contribution < -0.4 is 9.80 Å². The van der Waals surface area contributed by atoms with Gasteiger partial charge in [0.25, 0.3) is 0 Å². The molecule has 0 saturated heterocycles. The number of hydrogen-bond donors (Lipinski definition) is 0. The van der Waals surface area contributed by atoms with Gasteiger partial charge in [-0.05, 0) is 66.2 Å². The number of rotatable bonds is 5. The first kappa shape index (κ1) is 21.9. The average Bonchev–Trinajstić information content (AvgIpc) is 2.94. The van der Waals surface area contributed by atoms with Crippen molar-refractivity contribution in [1.82, 2.24) is 0 Å². The summed E-state index contributed by atoms with van der Waals surface area (Å²) in [7, 11) is 2.12. The van der Waals surface area contributed by atoms with Gasteiger partial charge in [-0.2, -0.15) is 0 Å². The number of benzene rings is 6. The third-order valence-corrected chi connectivity index (χ3v) is 6.93. The predicted molar refractivity (Wildman–Crippen MR) is 155 cm³/mol. The Labute approximate surface area is 212 Å². The van der Waals surface area contributed by atoms with Gasteiger partial charge in [-0.25, -0.2) is 0 Å². The fraction of sp³-hybridized carbons (Fsp3) is 0.0588. The monoisotopic (exact) mass is 464 g/mol. The zero-order chi connectivity index (χ0) is 24.5. The van der Waals surface area contributed by atoms with Crippen LogP contribution in [0.3, 0.4) is 0 Å². The van der Waals surface area contributed by atoms with Crippen LogP contribution in [0.15, 0.2) is 133 Å². The molecule has 0 aliphatic carbocycles. The van der Waals surface area contributed by atoms with Crippen molar-refractivity contribution >= 4 is 50.0 Å². The quantitative estimate of drug-likeness (QED) is 0.251. The highest BCUT2D eigenvalue weighted by Gasteiger charge is 2.17. The Kier molecular flexibility index (Phi) is 5.63. The zero-order valence-electron chi connectivity index (χ0n) is 20.6. The minimum atomic E-state index is 1.13. The van der Waals surface area contributed by atoms with E-state index < -0.39 is 0 Å². The second-order valence-corrected chi connectivity index (χ2v) is 9.24. The third-order valence-electron chi connectivity index (χ3n) is 6.93. The molecule has 0 unspecified atom stereocenters. The molecular weight excluding hydrogens is 436 g/mol. The highest BCUT2D eigenvalue weighted by Crippen LogP contribution is 2.42. The van der Waals surface area contributed by atoms with Crippen LogP contribution >= 0.6 is 0 Å². The molecule has 174 valence electrons. The Balaban J connectivity index is 1.51. The molecule has 0 amide bonds. The number of anilines is 5. The molecule has 6 aromatic carbocycles. The topological polar surface area (TPSA) is 6.48 Å². The van der Waals surface area contributed by atoms with E-state index in [1.54, 1.807) is 0 Å². The van der Waals surface area contributed by atoms with Crippen molar-refractivity contribution < 1.29 is 0 Å². The van der Waals surface area contributed by atoms with E-state index in [1.807, 2.05) is 0 Å². The number of aryl methyl sites for hydroxylation is 1. The van der Waals surface area contributed by atoms with Gasteiger partial charge in [-0.15, -0.1) is 0 Å². The van der Waals surface area contributed by atoms with Gasteiger partial charge in [-0.3, -0.25) is 0 Å². The highest BCUT2D eigenvalue weighted by molar-refractivity contribution is 6.04. The SMILES string of the molecule is Cc1ccc(N(C)c2ccc(N(c3cccc4ccccc34)c3cccc4ccccc34)cc2)cc1. The maximum atomic E-state index is 2.39. The van der Waals surface area contributed by atoms with E-state index in [0.29, 0.717) is 0 Å². The molecule has 0 aromatic heterocycles. The number of nitrogens with zero attached hydrogens (tertiary/aromatic N) is 2. The maximum absolute atomic E-state index is 2.39. The first-order valence-corrected chi connectivity index (χ1v) is 12.4. The molecule has 0 atom stereocenters. The lowest BCUT2D eigenvalue weighted by molar-refractivity contribution is 1.20. The van der Waals surface area contributed by atoms with Crippen LogP contribution in [0.2, 0.25) is 0 Å². The Hall–Kier alpha value is -4.56. The fourth-order valence-electron chi connectivity index (χ4n) is 4.96. The van der Waals surface area contributed by atoms with Crippen molar-refractivity contribution in [2.75, 3.05) is 16.8 Å². The summed E-state index contributed by atoms with van der Waals surface area (Å²) in [4.78, 5) is 4.61. The maximum Gasteiger partial charge on any atom is 0.0540 e. The normalized spacial score (nSPS) is 11.1. The van der Waals surface area contributed by atoms with E-state index in [-0.39, 0.29) is 0 Å². The first-order chi connectivity index (χ1) is 17.7. The Bertz CT molecular complexity index is 1560. The molecule has 0 heterocycles. The van der Waals surface area contributed by atoms with Crippen LogP contribution in [-0.4, -0.2) is 7.05 Å². The number of fused-ring (bicyclic) bond motifs is 2. The van der Waals surface area contributed by atoms with Crippen molar-refractivity contribution in [3.63, 3.8) is 0 Å². The number of hydrogen-bond acceptors (Lipinski definition) is 2. The van der Waals surface area contributed by atoms with Crippen molar-refractivity contribution in [2.45, 2.75) is 6.92 Å². The molecule has 0 radical (unpaired) electrons. The van der Waals surface area contributed by atoms with Crippen LogP contribution in [0, 0.1) is 6.92 Å². The van der Waals surface area contributed by atoms with Crippen LogP contribution in [-0.2, 0) is 0 Å². The summed E-state index contributed by atoms with van der Waals surface area (Å²) in [6.45, 7) is 2.12. The lowest BCUT2D eigenvalue weighted by atomic mass is 10.0. The summed E-state index contributed by atoms with van der Waals surface area (Å²) in [5.41, 5.74) is 7.06. The molecule has 2 heteroatoms. The molecule has 6 aromatic rings. The Morgan fingerprint density at radius 3 is 1.36 bits per heavy atom. The van der Waals surface area contributed by atoms with Gasteiger partial charge >= 0.3 is 0 Å². The summed E-state index contributed by atoms with van der Waals surface area (Å²) in [6.07, 6.45) is 0. The highest BCUT2D eigenvalue weighted by atomic mass is 15.1. The summed E-state index contributed by atoms with van der Waals surface area (Å²) >= 11 is 0. The van der Waals surface area contributed by atoms with Crippen LogP contribution in [0.1, 0.15) is 5.56 Å². The second kappa shape index (κ2) is 9.24. The molecular formula is C34H28N2. The molecule has 2 nitrogen and oxygen atoms in total. The summed E-state index contributed by atoms with van der Waals surface area (Å²) in [5.74, 6) is 0. The second-order valence-electron chi connectivity index (χ2n) is 9.24. The Morgan fingerprint density at radius 1 is 0.417 bits per heavy atom. The van der Waals surface area contributed by atoms with Gasteiger partial charge < -0.3 is 9.80 Å². The molecule has 0 aliphatic heterocycles. The van der Waals surface area contributed by atoms with Crippen molar-refractivity contribution in [2.24, 2.45) is 0 Å².